The Morgan fingerprint density at radius 2 is 0.626 bits per heavy atom. The predicted molar refractivity (Wildman–Crippen MR) is 389 cm³/mol. The molecule has 2 unspecified atom stereocenters. The molecule has 0 aliphatic rings. The lowest BCUT2D eigenvalue weighted by Crippen LogP contribution is -2.44. The topological polar surface area (TPSA) is 111 Å². The van der Waals surface area contributed by atoms with E-state index in [1.807, 2.05) is 21.1 Å². The first-order valence-electron chi connectivity index (χ1n) is 39.8. The number of carboxylic acid groups (broad SMARTS) is 1. The Balaban J connectivity index is 3.97. The molecule has 0 radical (unpaired) electrons. The van der Waals surface area contributed by atoms with Gasteiger partial charge in [0.1, 0.15) is 13.2 Å². The molecular formula is C82H153NO8. The molecule has 0 fully saturated rings. The second kappa shape index (κ2) is 73.1. The normalized spacial score (nSPS) is 12.8. The van der Waals surface area contributed by atoms with Gasteiger partial charge in [0.05, 0.1) is 40.3 Å². The van der Waals surface area contributed by atoms with Gasteiger partial charge in [-0.05, 0) is 51.4 Å². The molecule has 0 aliphatic heterocycles. The summed E-state index contributed by atoms with van der Waals surface area (Å²) < 4.78 is 22.9. The molecule has 0 spiro atoms. The van der Waals surface area contributed by atoms with Crippen LogP contribution in [0.1, 0.15) is 399 Å². The van der Waals surface area contributed by atoms with Crippen LogP contribution in [0, 0.1) is 0 Å². The van der Waals surface area contributed by atoms with Crippen molar-refractivity contribution in [2.45, 2.75) is 411 Å². The van der Waals surface area contributed by atoms with Crippen LogP contribution in [0.15, 0.2) is 48.6 Å². The number of hydrogen-bond donors (Lipinski definition) is 0. The molecule has 9 heteroatoms. The zero-order chi connectivity index (χ0) is 66.1. The average Bonchev–Trinajstić information content (AvgIpc) is 3.65. The third kappa shape index (κ3) is 74.5. The monoisotopic (exact) mass is 1280 g/mol. The Morgan fingerprint density at radius 1 is 0.341 bits per heavy atom. The highest BCUT2D eigenvalue weighted by Gasteiger charge is 2.22. The van der Waals surface area contributed by atoms with Crippen LogP contribution in [0.5, 0.6) is 0 Å². The third-order valence-electron chi connectivity index (χ3n) is 18.1. The van der Waals surface area contributed by atoms with Gasteiger partial charge in [0.25, 0.3) is 0 Å². The van der Waals surface area contributed by atoms with E-state index in [2.05, 4.69) is 62.5 Å². The van der Waals surface area contributed by atoms with Crippen molar-refractivity contribution in [3.05, 3.63) is 48.6 Å². The van der Waals surface area contributed by atoms with Gasteiger partial charge in [0, 0.05) is 12.8 Å². The van der Waals surface area contributed by atoms with Crippen LogP contribution < -0.4 is 5.11 Å². The number of likely N-dealkylation sites (N-methyl/N-ethyl adjacent to an activating group) is 1. The van der Waals surface area contributed by atoms with E-state index in [1.165, 1.54) is 308 Å². The molecule has 0 N–H and O–H groups in total. The maximum absolute atomic E-state index is 13.0. The van der Waals surface area contributed by atoms with Gasteiger partial charge in [-0.1, -0.05) is 383 Å². The number of allylic oxidation sites excluding steroid dienone is 8. The van der Waals surface area contributed by atoms with Gasteiger partial charge in [0.2, 0.25) is 0 Å². The molecule has 534 valence electrons. The molecule has 9 nitrogen and oxygen atoms in total. The van der Waals surface area contributed by atoms with Crippen molar-refractivity contribution in [3.63, 3.8) is 0 Å². The summed E-state index contributed by atoms with van der Waals surface area (Å²) in [7, 11) is 5.95. The van der Waals surface area contributed by atoms with Gasteiger partial charge in [-0.2, -0.15) is 0 Å². The van der Waals surface area contributed by atoms with Crippen molar-refractivity contribution < 1.29 is 42.9 Å². The van der Waals surface area contributed by atoms with Crippen LogP contribution in [0.3, 0.4) is 0 Å². The molecule has 0 rings (SSSR count). The molecule has 0 aromatic rings. The molecule has 0 saturated carbocycles. The number of carbonyl (C=O) groups is 3. The first-order chi connectivity index (χ1) is 44.6. The Morgan fingerprint density at radius 3 is 0.934 bits per heavy atom. The summed E-state index contributed by atoms with van der Waals surface area (Å²) in [6.07, 6.45) is 92.4. The second-order valence-corrected chi connectivity index (χ2v) is 28.3. The highest BCUT2D eigenvalue weighted by Crippen LogP contribution is 2.20. The molecule has 0 aromatic carbocycles. The summed E-state index contributed by atoms with van der Waals surface area (Å²) >= 11 is 0. The fourth-order valence-corrected chi connectivity index (χ4v) is 12.1. The van der Waals surface area contributed by atoms with Gasteiger partial charge < -0.3 is 33.3 Å². The van der Waals surface area contributed by atoms with Crippen LogP contribution in [0.4, 0.5) is 0 Å². The van der Waals surface area contributed by atoms with Gasteiger partial charge in [-0.25, -0.2) is 0 Å². The zero-order valence-electron chi connectivity index (χ0n) is 61.2. The van der Waals surface area contributed by atoms with Gasteiger partial charge in [0.15, 0.2) is 12.4 Å². The summed E-state index contributed by atoms with van der Waals surface area (Å²) in [5.74, 6) is -2.25. The van der Waals surface area contributed by atoms with E-state index in [0.717, 1.165) is 57.8 Å². The minimum Gasteiger partial charge on any atom is -0.545 e. The van der Waals surface area contributed by atoms with Crippen molar-refractivity contribution in [2.75, 3.05) is 47.5 Å². The van der Waals surface area contributed by atoms with Crippen LogP contribution in [-0.2, 0) is 33.3 Å². The number of aliphatic carboxylic acids is 1. The minimum absolute atomic E-state index is 0.150. The minimum atomic E-state index is -1.62. The number of unbranched alkanes of at least 4 members (excludes halogenated alkanes) is 52. The van der Waals surface area contributed by atoms with Crippen molar-refractivity contribution in [3.8, 4) is 0 Å². The molecule has 0 aromatic heterocycles. The van der Waals surface area contributed by atoms with Gasteiger partial charge in [-0.15, -0.1) is 0 Å². The largest absolute Gasteiger partial charge is 0.545 e. The third-order valence-corrected chi connectivity index (χ3v) is 18.1. The van der Waals surface area contributed by atoms with Crippen molar-refractivity contribution in [1.29, 1.82) is 0 Å². The van der Waals surface area contributed by atoms with Crippen molar-refractivity contribution in [1.82, 2.24) is 0 Å². The van der Waals surface area contributed by atoms with Crippen LogP contribution >= 0.6 is 0 Å². The van der Waals surface area contributed by atoms with E-state index in [1.54, 1.807) is 0 Å². The number of nitrogens with zero attached hydrogens (tertiary/aromatic N) is 1. The molecule has 91 heavy (non-hydrogen) atoms. The van der Waals surface area contributed by atoms with E-state index in [4.69, 9.17) is 18.9 Å². The van der Waals surface area contributed by atoms with E-state index < -0.39 is 24.3 Å². The lowest BCUT2D eigenvalue weighted by atomic mass is 10.0. The summed E-state index contributed by atoms with van der Waals surface area (Å²) in [6.45, 7) is 4.71. The SMILES string of the molecule is CC/C=C\C/C=C\C/C=C\C/C=C\CCCCCCCCCCCCCCCCCCCCC(=O)OC(COC(=O)CCCCCCCCCCCCCCCCCCCCCCCCCCCCCCCCCCCCC)COC(OCC[N+](C)(C)C)C(=O)[O-]. The fraction of sp³-hybridized carbons (Fsp3) is 0.866. The Kier molecular flexibility index (Phi) is 70.9. The van der Waals surface area contributed by atoms with Crippen molar-refractivity contribution in [2.24, 2.45) is 0 Å². The average molecular weight is 1280 g/mol. The Labute approximate surface area is 565 Å². The smallest absolute Gasteiger partial charge is 0.306 e. The predicted octanol–water partition coefficient (Wildman–Crippen LogP) is 23.9. The van der Waals surface area contributed by atoms with E-state index in [0.29, 0.717) is 23.9 Å². The number of hydrogen-bond acceptors (Lipinski definition) is 8. The number of ether oxygens (including phenoxy) is 4. The second-order valence-electron chi connectivity index (χ2n) is 28.3. The maximum Gasteiger partial charge on any atom is 0.306 e. The van der Waals surface area contributed by atoms with E-state index in [9.17, 15) is 19.5 Å². The molecule has 0 bridgehead atoms. The van der Waals surface area contributed by atoms with Crippen LogP contribution in [0.25, 0.3) is 0 Å². The lowest BCUT2D eigenvalue weighted by Gasteiger charge is -2.26. The van der Waals surface area contributed by atoms with Crippen molar-refractivity contribution >= 4 is 17.9 Å². The molecule has 0 amide bonds. The number of esters is 2. The van der Waals surface area contributed by atoms with Crippen LogP contribution in [-0.4, -0.2) is 82.3 Å². The summed E-state index contributed by atoms with van der Waals surface area (Å²) in [6, 6.07) is 0. The number of quaternary nitrogens is 1. The van der Waals surface area contributed by atoms with Gasteiger partial charge in [-0.3, -0.25) is 9.59 Å². The summed E-state index contributed by atoms with van der Waals surface area (Å²) in [5, 5.41) is 11.9. The summed E-state index contributed by atoms with van der Waals surface area (Å²) in [5.41, 5.74) is 0. The molecule has 2 atom stereocenters. The lowest BCUT2D eigenvalue weighted by molar-refractivity contribution is -0.870. The van der Waals surface area contributed by atoms with E-state index in [-0.39, 0.29) is 32.2 Å². The molecule has 0 saturated heterocycles. The highest BCUT2D eigenvalue weighted by atomic mass is 16.7. The van der Waals surface area contributed by atoms with Gasteiger partial charge >= 0.3 is 11.9 Å². The molecular weight excluding hydrogens is 1130 g/mol. The molecule has 0 aliphatic carbocycles. The van der Waals surface area contributed by atoms with Crippen LogP contribution in [0.2, 0.25) is 0 Å². The summed E-state index contributed by atoms with van der Waals surface area (Å²) in [4.78, 5) is 37.6. The first-order valence-corrected chi connectivity index (χ1v) is 39.8. The maximum atomic E-state index is 13.0. The number of carbonyl (C=O) groups excluding carboxylic acids is 3. The first kappa shape index (κ1) is 88.2. The molecule has 0 heterocycles. The standard InChI is InChI=1S/C82H153NO8/c1-6-8-10-12-14-16-18-20-22-24-26-28-30-32-34-36-38-39-40-41-43-44-46-48-50-52-54-56-58-60-62-64-66-68-70-72-79(84)89-76-78(77-90-82(81(86)87)88-75-74-83(3,4)5)91-80(85)73-71-69-67-65-63-61-59-57-55-53-51-49-47-45-42-37-35-33-31-29-27-25-23-21-19-17-15-13-11-9-7-2/h9,11,15,17,21,23,27,29,78,82H,6-8,10,12-14,16,18-20,22,24-26,28,30-77H2,1-5H3/b11-9-,17-15-,23-21-,29-27-. The number of carboxylic acids is 1. The van der Waals surface area contributed by atoms with E-state index >= 15 is 0 Å². The highest BCUT2D eigenvalue weighted by molar-refractivity contribution is 5.70. The fourth-order valence-electron chi connectivity index (χ4n) is 12.1. The zero-order valence-corrected chi connectivity index (χ0v) is 61.2. The number of rotatable bonds is 75. The quantitative estimate of drug-likeness (QED) is 0.0195. The Bertz CT molecular complexity index is 1630. The Hall–Kier alpha value is -2.75.